The van der Waals surface area contributed by atoms with Gasteiger partial charge in [0.25, 0.3) is 5.91 Å². The molecular weight excluding hydrogens is 348 g/mol. The fourth-order valence-corrected chi connectivity index (χ4v) is 2.54. The van der Waals surface area contributed by atoms with Gasteiger partial charge in [0.1, 0.15) is 5.75 Å². The Morgan fingerprint density at radius 1 is 1.07 bits per heavy atom. The number of amides is 1. The number of anilines is 1. The summed E-state index contributed by atoms with van der Waals surface area (Å²) in [6, 6.07) is 12.3. The molecule has 0 atom stereocenters. The lowest BCUT2D eigenvalue weighted by Gasteiger charge is -2.10. The van der Waals surface area contributed by atoms with Gasteiger partial charge in [0.15, 0.2) is 17.3 Å². The fourth-order valence-electron chi connectivity index (χ4n) is 2.54. The van der Waals surface area contributed by atoms with E-state index in [9.17, 15) is 4.79 Å². The van der Waals surface area contributed by atoms with E-state index >= 15 is 0 Å². The number of nitrogens with zero attached hydrogens (tertiary/aromatic N) is 2. The number of H-pyrrole nitrogens is 1. The van der Waals surface area contributed by atoms with Gasteiger partial charge in [0.05, 0.1) is 26.4 Å². The number of aromatic nitrogens is 3. The van der Waals surface area contributed by atoms with Crippen molar-refractivity contribution in [3.8, 4) is 28.6 Å². The quantitative estimate of drug-likeness (QED) is 0.665. The van der Waals surface area contributed by atoms with E-state index in [-0.39, 0.29) is 11.9 Å². The monoisotopic (exact) mass is 368 g/mol. The second kappa shape index (κ2) is 8.22. The van der Waals surface area contributed by atoms with E-state index in [1.165, 1.54) is 0 Å². The summed E-state index contributed by atoms with van der Waals surface area (Å²) in [5.74, 6) is 2.01. The summed E-state index contributed by atoms with van der Waals surface area (Å²) in [6.45, 7) is 2.32. The molecule has 0 fully saturated rings. The SMILES string of the molecule is CCOc1cc(C(=O)Nc2n[nH]c(-c3ccccc3OC)n2)ccc1OC. The van der Waals surface area contributed by atoms with Crippen LogP contribution in [0, 0.1) is 0 Å². The average molecular weight is 368 g/mol. The number of hydrogen-bond donors (Lipinski definition) is 2. The Kier molecular flexibility index (Phi) is 5.55. The van der Waals surface area contributed by atoms with Gasteiger partial charge >= 0.3 is 0 Å². The Labute approximate surface area is 156 Å². The van der Waals surface area contributed by atoms with Crippen molar-refractivity contribution in [2.45, 2.75) is 6.92 Å². The van der Waals surface area contributed by atoms with Crippen LogP contribution < -0.4 is 19.5 Å². The Morgan fingerprint density at radius 3 is 2.59 bits per heavy atom. The van der Waals surface area contributed by atoms with Gasteiger partial charge in [-0.15, -0.1) is 5.10 Å². The normalized spacial score (nSPS) is 10.3. The maximum Gasteiger partial charge on any atom is 0.258 e. The highest BCUT2D eigenvalue weighted by molar-refractivity contribution is 6.03. The first-order valence-electron chi connectivity index (χ1n) is 8.34. The van der Waals surface area contributed by atoms with Gasteiger partial charge < -0.3 is 14.2 Å². The summed E-state index contributed by atoms with van der Waals surface area (Å²) in [5.41, 5.74) is 1.15. The van der Waals surface area contributed by atoms with E-state index in [1.807, 2.05) is 31.2 Å². The van der Waals surface area contributed by atoms with Crippen molar-refractivity contribution in [1.29, 1.82) is 0 Å². The molecule has 0 bridgehead atoms. The third-order valence-corrected chi connectivity index (χ3v) is 3.80. The molecule has 8 nitrogen and oxygen atoms in total. The zero-order valence-corrected chi connectivity index (χ0v) is 15.3. The zero-order chi connectivity index (χ0) is 19.2. The molecule has 0 aliphatic rings. The molecule has 0 aliphatic heterocycles. The molecular formula is C19H20N4O4. The number of carbonyl (C=O) groups is 1. The highest BCUT2D eigenvalue weighted by atomic mass is 16.5. The summed E-state index contributed by atoms with van der Waals surface area (Å²) < 4.78 is 16.0. The van der Waals surface area contributed by atoms with Gasteiger partial charge in [0.2, 0.25) is 5.95 Å². The number of ether oxygens (including phenoxy) is 3. The molecule has 0 aliphatic carbocycles. The van der Waals surface area contributed by atoms with Gasteiger partial charge in [-0.3, -0.25) is 15.2 Å². The first-order valence-corrected chi connectivity index (χ1v) is 8.34. The second-order valence-corrected chi connectivity index (χ2v) is 5.46. The van der Waals surface area contributed by atoms with Gasteiger partial charge in [-0.05, 0) is 37.3 Å². The van der Waals surface area contributed by atoms with Crippen LogP contribution in [-0.2, 0) is 0 Å². The summed E-state index contributed by atoms with van der Waals surface area (Å²) in [4.78, 5) is 16.8. The van der Waals surface area contributed by atoms with Crippen molar-refractivity contribution in [3.63, 3.8) is 0 Å². The maximum absolute atomic E-state index is 12.5. The molecule has 0 saturated heterocycles. The third kappa shape index (κ3) is 4.00. The number of carbonyl (C=O) groups excluding carboxylic acids is 1. The van der Waals surface area contributed by atoms with E-state index < -0.39 is 0 Å². The molecule has 0 spiro atoms. The van der Waals surface area contributed by atoms with Crippen LogP contribution in [0.2, 0.25) is 0 Å². The minimum absolute atomic E-state index is 0.162. The predicted octanol–water partition coefficient (Wildman–Crippen LogP) is 3.14. The molecule has 0 unspecified atom stereocenters. The smallest absolute Gasteiger partial charge is 0.258 e. The summed E-state index contributed by atoms with van der Waals surface area (Å²) in [6.07, 6.45) is 0. The molecule has 140 valence electrons. The highest BCUT2D eigenvalue weighted by Gasteiger charge is 2.15. The van der Waals surface area contributed by atoms with E-state index in [1.54, 1.807) is 32.4 Å². The molecule has 2 N–H and O–H groups in total. The average Bonchev–Trinajstić information content (AvgIpc) is 3.16. The van der Waals surface area contributed by atoms with Gasteiger partial charge in [-0.25, -0.2) is 0 Å². The van der Waals surface area contributed by atoms with Crippen LogP contribution in [0.25, 0.3) is 11.4 Å². The second-order valence-electron chi connectivity index (χ2n) is 5.46. The molecule has 0 saturated carbocycles. The van der Waals surface area contributed by atoms with Crippen molar-refractivity contribution < 1.29 is 19.0 Å². The molecule has 1 amide bonds. The predicted molar refractivity (Wildman–Crippen MR) is 100 cm³/mol. The Morgan fingerprint density at radius 2 is 1.85 bits per heavy atom. The van der Waals surface area contributed by atoms with Crippen molar-refractivity contribution >= 4 is 11.9 Å². The lowest BCUT2D eigenvalue weighted by atomic mass is 10.2. The van der Waals surface area contributed by atoms with Crippen molar-refractivity contribution in [2.24, 2.45) is 0 Å². The molecule has 0 radical (unpaired) electrons. The topological polar surface area (TPSA) is 98.4 Å². The Hall–Kier alpha value is -3.55. The third-order valence-electron chi connectivity index (χ3n) is 3.80. The highest BCUT2D eigenvalue weighted by Crippen LogP contribution is 2.29. The Balaban J connectivity index is 1.79. The molecule has 8 heteroatoms. The van der Waals surface area contributed by atoms with Crippen LogP contribution in [0.1, 0.15) is 17.3 Å². The molecule has 3 rings (SSSR count). The van der Waals surface area contributed by atoms with E-state index in [0.717, 1.165) is 5.56 Å². The van der Waals surface area contributed by atoms with Crippen LogP contribution in [-0.4, -0.2) is 41.9 Å². The van der Waals surface area contributed by atoms with Crippen LogP contribution in [0.5, 0.6) is 17.2 Å². The number of hydrogen-bond acceptors (Lipinski definition) is 6. The summed E-state index contributed by atoms with van der Waals surface area (Å²) in [7, 11) is 3.13. The van der Waals surface area contributed by atoms with Crippen LogP contribution >= 0.6 is 0 Å². The van der Waals surface area contributed by atoms with E-state index in [4.69, 9.17) is 14.2 Å². The van der Waals surface area contributed by atoms with Crippen LogP contribution in [0.4, 0.5) is 5.95 Å². The molecule has 1 aromatic heterocycles. The standard InChI is InChI=1S/C19H20N4O4/c1-4-27-16-11-12(9-10-15(16)26-3)18(24)21-19-20-17(22-23-19)13-7-5-6-8-14(13)25-2/h5-11H,4H2,1-3H3,(H2,20,21,22,23,24). The zero-order valence-electron chi connectivity index (χ0n) is 15.3. The summed E-state index contributed by atoms with van der Waals surface area (Å²) >= 11 is 0. The van der Waals surface area contributed by atoms with Crippen LogP contribution in [0.3, 0.4) is 0 Å². The maximum atomic E-state index is 12.5. The van der Waals surface area contributed by atoms with Crippen molar-refractivity contribution in [3.05, 3.63) is 48.0 Å². The lowest BCUT2D eigenvalue weighted by molar-refractivity contribution is 0.102. The molecule has 3 aromatic rings. The van der Waals surface area contributed by atoms with E-state index in [0.29, 0.717) is 35.2 Å². The van der Waals surface area contributed by atoms with Crippen LogP contribution in [0.15, 0.2) is 42.5 Å². The van der Waals surface area contributed by atoms with Gasteiger partial charge in [-0.2, -0.15) is 4.98 Å². The minimum Gasteiger partial charge on any atom is -0.496 e. The first kappa shape index (κ1) is 18.2. The minimum atomic E-state index is -0.357. The first-order chi connectivity index (χ1) is 13.2. The number of nitrogens with one attached hydrogen (secondary N) is 2. The lowest BCUT2D eigenvalue weighted by Crippen LogP contribution is -2.13. The molecule has 1 heterocycles. The van der Waals surface area contributed by atoms with E-state index in [2.05, 4.69) is 20.5 Å². The number of methoxy groups -OCH3 is 2. The van der Waals surface area contributed by atoms with Crippen molar-refractivity contribution in [1.82, 2.24) is 15.2 Å². The van der Waals surface area contributed by atoms with Crippen molar-refractivity contribution in [2.75, 3.05) is 26.1 Å². The van der Waals surface area contributed by atoms with Gasteiger partial charge in [-0.1, -0.05) is 12.1 Å². The van der Waals surface area contributed by atoms with Gasteiger partial charge in [0, 0.05) is 5.56 Å². The Bertz CT molecular complexity index is 939. The number of aromatic amines is 1. The molecule has 2 aromatic carbocycles. The number of benzene rings is 2. The number of para-hydroxylation sites is 1. The summed E-state index contributed by atoms with van der Waals surface area (Å²) in [5, 5.41) is 9.51. The fraction of sp³-hybridized carbons (Fsp3) is 0.211. The number of rotatable bonds is 7. The largest absolute Gasteiger partial charge is 0.496 e. The molecule has 27 heavy (non-hydrogen) atoms.